The van der Waals surface area contributed by atoms with Crippen molar-refractivity contribution < 1.29 is 27.8 Å². The summed E-state index contributed by atoms with van der Waals surface area (Å²) in [5, 5.41) is 0.161. The highest BCUT2D eigenvalue weighted by Crippen LogP contribution is 2.29. The first-order chi connectivity index (χ1) is 10.0. The fourth-order valence-corrected chi connectivity index (χ4v) is 2.03. The minimum absolute atomic E-state index is 0.121. The van der Waals surface area contributed by atoms with E-state index >= 15 is 0 Å². The van der Waals surface area contributed by atoms with E-state index < -0.39 is 23.9 Å². The molecule has 7 heteroatoms. The van der Waals surface area contributed by atoms with Crippen LogP contribution < -0.4 is 0 Å². The molecule has 1 heterocycles. The average molecular weight is 297 g/mol. The third-order valence-electron chi connectivity index (χ3n) is 2.94. The molecule has 0 radical (unpaired) electrons. The first-order valence-corrected chi connectivity index (χ1v) is 5.95. The molecule has 0 N–H and O–H groups in total. The summed E-state index contributed by atoms with van der Waals surface area (Å²) < 4.78 is 42.1. The number of benzene rings is 1. The number of hydrogen-bond donors (Lipinski definition) is 0. The van der Waals surface area contributed by atoms with Gasteiger partial charge in [0.25, 0.3) is 0 Å². The number of hydrogen-bond acceptors (Lipinski definition) is 5. The van der Waals surface area contributed by atoms with Gasteiger partial charge in [0.2, 0.25) is 0 Å². The van der Waals surface area contributed by atoms with Crippen LogP contribution in [0.3, 0.4) is 0 Å². The molecule has 0 aliphatic rings. The van der Waals surface area contributed by atoms with Gasteiger partial charge in [-0.15, -0.1) is 0 Å². The van der Waals surface area contributed by atoms with Crippen LogP contribution >= 0.6 is 0 Å². The Morgan fingerprint density at radius 3 is 2.38 bits per heavy atom. The molecule has 0 spiro atoms. The van der Waals surface area contributed by atoms with Crippen molar-refractivity contribution in [3.05, 3.63) is 41.1 Å². The van der Waals surface area contributed by atoms with E-state index in [2.05, 4.69) is 9.72 Å². The van der Waals surface area contributed by atoms with Crippen molar-refractivity contribution in [3.8, 4) is 0 Å². The second kappa shape index (κ2) is 6.11. The minimum Gasteiger partial charge on any atom is -0.464 e. The van der Waals surface area contributed by atoms with E-state index in [-0.39, 0.29) is 22.2 Å². The molecule has 21 heavy (non-hydrogen) atoms. The summed E-state index contributed by atoms with van der Waals surface area (Å²) in [5.41, 5.74) is 0.00167. The number of halogens is 2. The molecule has 0 bridgehead atoms. The molecule has 0 fully saturated rings. The Balaban J connectivity index is 2.81. The molecule has 0 aliphatic carbocycles. The van der Waals surface area contributed by atoms with Crippen molar-refractivity contribution in [2.45, 2.75) is 6.29 Å². The van der Waals surface area contributed by atoms with Gasteiger partial charge in [-0.3, -0.25) is 0 Å². The zero-order valence-corrected chi connectivity index (χ0v) is 11.6. The highest BCUT2D eigenvalue weighted by Gasteiger charge is 2.21. The number of aromatic nitrogens is 1. The van der Waals surface area contributed by atoms with E-state index in [4.69, 9.17) is 9.47 Å². The van der Waals surface area contributed by atoms with Gasteiger partial charge in [-0.05, 0) is 12.1 Å². The van der Waals surface area contributed by atoms with Crippen LogP contribution in [0.5, 0.6) is 0 Å². The summed E-state index contributed by atoms with van der Waals surface area (Å²) >= 11 is 0. The number of rotatable bonds is 4. The highest BCUT2D eigenvalue weighted by atomic mass is 19.1. The second-order valence-electron chi connectivity index (χ2n) is 4.18. The van der Waals surface area contributed by atoms with Crippen molar-refractivity contribution in [1.82, 2.24) is 4.98 Å². The first-order valence-electron chi connectivity index (χ1n) is 5.95. The van der Waals surface area contributed by atoms with Gasteiger partial charge in [-0.1, -0.05) is 0 Å². The van der Waals surface area contributed by atoms with Crippen molar-refractivity contribution in [1.29, 1.82) is 0 Å². The standard InChI is InChI=1S/C14H13F2NO4/c1-19-13(18)11-6-9(14(20-2)21-3)8-4-7(15)5-10(16)12(8)17-11/h4-6,14H,1-3H3. The lowest BCUT2D eigenvalue weighted by Gasteiger charge is -2.17. The summed E-state index contributed by atoms with van der Waals surface area (Å²) in [6, 6.07) is 3.12. The number of pyridine rings is 1. The number of ether oxygens (including phenoxy) is 3. The molecule has 0 aliphatic heterocycles. The lowest BCUT2D eigenvalue weighted by atomic mass is 10.1. The highest BCUT2D eigenvalue weighted by molar-refractivity contribution is 5.92. The third kappa shape index (κ3) is 2.84. The maximum absolute atomic E-state index is 13.9. The fraction of sp³-hybridized carbons (Fsp3) is 0.286. The van der Waals surface area contributed by atoms with Gasteiger partial charge in [0, 0.05) is 31.2 Å². The first kappa shape index (κ1) is 15.3. The molecule has 0 saturated heterocycles. The monoisotopic (exact) mass is 297 g/mol. The molecule has 1 aromatic carbocycles. The van der Waals surface area contributed by atoms with Crippen molar-refractivity contribution in [2.75, 3.05) is 21.3 Å². The number of methoxy groups -OCH3 is 3. The quantitative estimate of drug-likeness (QED) is 0.641. The Kier molecular flexibility index (Phi) is 4.44. The smallest absolute Gasteiger partial charge is 0.356 e. The topological polar surface area (TPSA) is 57.7 Å². The summed E-state index contributed by atoms with van der Waals surface area (Å²) in [7, 11) is 3.92. The Morgan fingerprint density at radius 2 is 1.81 bits per heavy atom. The number of carbonyl (C=O) groups is 1. The number of carbonyl (C=O) groups excluding carboxylic acids is 1. The van der Waals surface area contributed by atoms with Crippen LogP contribution in [-0.2, 0) is 14.2 Å². The van der Waals surface area contributed by atoms with Gasteiger partial charge in [-0.2, -0.15) is 0 Å². The Bertz CT molecular complexity index is 686. The van der Waals surface area contributed by atoms with Gasteiger partial charge >= 0.3 is 5.97 Å². The molecule has 1 aromatic heterocycles. The van der Waals surface area contributed by atoms with Crippen LogP contribution in [0.15, 0.2) is 18.2 Å². The van der Waals surface area contributed by atoms with Crippen LogP contribution in [0.4, 0.5) is 8.78 Å². The molecule has 2 aromatic rings. The summed E-state index contributed by atoms with van der Waals surface area (Å²) in [4.78, 5) is 15.5. The summed E-state index contributed by atoms with van der Waals surface area (Å²) in [5.74, 6) is -2.39. The predicted molar refractivity (Wildman–Crippen MR) is 69.8 cm³/mol. The zero-order valence-electron chi connectivity index (χ0n) is 11.6. The molecular weight excluding hydrogens is 284 g/mol. The van der Waals surface area contributed by atoms with E-state index in [1.54, 1.807) is 0 Å². The van der Waals surface area contributed by atoms with Crippen molar-refractivity contribution in [3.63, 3.8) is 0 Å². The normalized spacial score (nSPS) is 11.1. The molecule has 0 saturated carbocycles. The van der Waals surface area contributed by atoms with Gasteiger partial charge in [0.05, 0.1) is 7.11 Å². The van der Waals surface area contributed by atoms with E-state index in [0.29, 0.717) is 6.07 Å². The lowest BCUT2D eigenvalue weighted by Crippen LogP contribution is -2.11. The van der Waals surface area contributed by atoms with Crippen molar-refractivity contribution >= 4 is 16.9 Å². The van der Waals surface area contributed by atoms with E-state index in [1.807, 2.05) is 0 Å². The third-order valence-corrected chi connectivity index (χ3v) is 2.94. The Hall–Kier alpha value is -2.12. The molecule has 5 nitrogen and oxygen atoms in total. The Morgan fingerprint density at radius 1 is 1.14 bits per heavy atom. The maximum Gasteiger partial charge on any atom is 0.356 e. The molecule has 0 amide bonds. The van der Waals surface area contributed by atoms with Crippen LogP contribution in [-0.4, -0.2) is 32.3 Å². The zero-order chi connectivity index (χ0) is 15.6. The van der Waals surface area contributed by atoms with Gasteiger partial charge in [0.15, 0.2) is 12.1 Å². The van der Waals surface area contributed by atoms with Gasteiger partial charge < -0.3 is 14.2 Å². The number of nitrogens with zero attached hydrogens (tertiary/aromatic N) is 1. The second-order valence-corrected chi connectivity index (χ2v) is 4.18. The maximum atomic E-state index is 13.9. The minimum atomic E-state index is -0.903. The van der Waals surface area contributed by atoms with Gasteiger partial charge in [0.1, 0.15) is 17.0 Å². The molecule has 0 unspecified atom stereocenters. The molecule has 2 rings (SSSR count). The summed E-state index contributed by atoms with van der Waals surface area (Å²) in [6.45, 7) is 0. The van der Waals surface area contributed by atoms with E-state index in [9.17, 15) is 13.6 Å². The molecular formula is C14H13F2NO4. The SMILES string of the molecule is COC(=O)c1cc(C(OC)OC)c2cc(F)cc(F)c2n1. The van der Waals surface area contributed by atoms with E-state index in [1.165, 1.54) is 27.4 Å². The van der Waals surface area contributed by atoms with Crippen LogP contribution in [0.1, 0.15) is 22.3 Å². The Labute approximate surface area is 119 Å². The summed E-state index contributed by atoms with van der Waals surface area (Å²) in [6.07, 6.45) is -0.903. The van der Waals surface area contributed by atoms with E-state index in [0.717, 1.165) is 6.07 Å². The number of esters is 1. The lowest BCUT2D eigenvalue weighted by molar-refractivity contribution is -0.105. The van der Waals surface area contributed by atoms with Crippen molar-refractivity contribution in [2.24, 2.45) is 0 Å². The average Bonchev–Trinajstić information content (AvgIpc) is 2.47. The van der Waals surface area contributed by atoms with Crippen LogP contribution in [0.25, 0.3) is 10.9 Å². The molecule has 0 atom stereocenters. The largest absolute Gasteiger partial charge is 0.464 e. The van der Waals surface area contributed by atoms with Gasteiger partial charge in [-0.25, -0.2) is 18.6 Å². The number of fused-ring (bicyclic) bond motifs is 1. The predicted octanol–water partition coefficient (Wildman–Crippen LogP) is 2.59. The fourth-order valence-electron chi connectivity index (χ4n) is 2.03. The van der Waals surface area contributed by atoms with Crippen LogP contribution in [0.2, 0.25) is 0 Å². The molecule has 112 valence electrons. The van der Waals surface area contributed by atoms with Crippen LogP contribution in [0, 0.1) is 11.6 Å².